The Bertz CT molecular complexity index is 739. The maximum absolute atomic E-state index is 12.1. The number of carbonyl (C=O) groups excluding carboxylic acids is 1. The Morgan fingerprint density at radius 3 is 2.69 bits per heavy atom. The summed E-state index contributed by atoms with van der Waals surface area (Å²) < 4.78 is 11.3. The molecule has 1 heterocycles. The SMILES string of the molecule is CC(C)C(NC(=O)/C(C#N)=C\NCC1COc2ccccc2O1)C(=O)O. The van der Waals surface area contributed by atoms with Gasteiger partial charge in [0.15, 0.2) is 11.5 Å². The summed E-state index contributed by atoms with van der Waals surface area (Å²) in [4.78, 5) is 23.2. The quantitative estimate of drug-likeness (QED) is 0.491. The lowest BCUT2D eigenvalue weighted by Gasteiger charge is -2.26. The number of fused-ring (bicyclic) bond motifs is 1. The van der Waals surface area contributed by atoms with Gasteiger partial charge in [-0.3, -0.25) is 4.79 Å². The third-order valence-corrected chi connectivity index (χ3v) is 3.74. The molecule has 0 saturated heterocycles. The number of para-hydroxylation sites is 2. The number of hydrogen-bond donors (Lipinski definition) is 3. The van der Waals surface area contributed by atoms with Crippen molar-refractivity contribution in [1.82, 2.24) is 10.6 Å². The van der Waals surface area contributed by atoms with Crippen LogP contribution >= 0.6 is 0 Å². The van der Waals surface area contributed by atoms with Gasteiger partial charge in [-0.1, -0.05) is 26.0 Å². The van der Waals surface area contributed by atoms with Gasteiger partial charge in [-0.15, -0.1) is 0 Å². The first-order chi connectivity index (χ1) is 12.4. The summed E-state index contributed by atoms with van der Waals surface area (Å²) in [5.74, 6) is -0.895. The lowest BCUT2D eigenvalue weighted by molar-refractivity contribution is -0.142. The van der Waals surface area contributed by atoms with Gasteiger partial charge in [0.2, 0.25) is 0 Å². The highest BCUT2D eigenvalue weighted by Crippen LogP contribution is 2.30. The van der Waals surface area contributed by atoms with Gasteiger partial charge in [-0.25, -0.2) is 4.79 Å². The summed E-state index contributed by atoms with van der Waals surface area (Å²) >= 11 is 0. The zero-order chi connectivity index (χ0) is 19.1. The van der Waals surface area contributed by atoms with Crippen LogP contribution in [0.2, 0.25) is 0 Å². The predicted octanol–water partition coefficient (Wildman–Crippen LogP) is 1.05. The molecule has 0 bridgehead atoms. The third kappa shape index (κ3) is 4.89. The van der Waals surface area contributed by atoms with Gasteiger partial charge in [-0.2, -0.15) is 5.26 Å². The normalized spacial score (nSPS) is 17.2. The van der Waals surface area contributed by atoms with E-state index in [0.717, 1.165) is 0 Å². The molecular weight excluding hydrogens is 338 g/mol. The van der Waals surface area contributed by atoms with Crippen LogP contribution in [0.3, 0.4) is 0 Å². The van der Waals surface area contributed by atoms with Crippen molar-refractivity contribution < 1.29 is 24.2 Å². The van der Waals surface area contributed by atoms with E-state index in [1.165, 1.54) is 6.20 Å². The Kier molecular flexibility index (Phi) is 6.44. The van der Waals surface area contributed by atoms with Crippen molar-refractivity contribution in [2.45, 2.75) is 26.0 Å². The van der Waals surface area contributed by atoms with Crippen molar-refractivity contribution in [3.05, 3.63) is 36.0 Å². The van der Waals surface area contributed by atoms with Crippen LogP contribution in [-0.2, 0) is 9.59 Å². The maximum atomic E-state index is 12.1. The van der Waals surface area contributed by atoms with Crippen LogP contribution < -0.4 is 20.1 Å². The first-order valence-electron chi connectivity index (χ1n) is 8.18. The largest absolute Gasteiger partial charge is 0.486 e. The van der Waals surface area contributed by atoms with Gasteiger partial charge in [0.05, 0.1) is 6.54 Å². The van der Waals surface area contributed by atoms with Gasteiger partial charge in [0.25, 0.3) is 5.91 Å². The van der Waals surface area contributed by atoms with E-state index in [1.54, 1.807) is 26.0 Å². The average Bonchev–Trinajstić information content (AvgIpc) is 2.62. The van der Waals surface area contributed by atoms with Crippen molar-refractivity contribution in [3.63, 3.8) is 0 Å². The molecule has 1 aliphatic rings. The van der Waals surface area contributed by atoms with Crippen molar-refractivity contribution in [2.24, 2.45) is 5.92 Å². The van der Waals surface area contributed by atoms with Gasteiger partial charge in [0, 0.05) is 6.20 Å². The van der Waals surface area contributed by atoms with E-state index < -0.39 is 17.9 Å². The molecule has 0 spiro atoms. The fourth-order valence-corrected chi connectivity index (χ4v) is 2.34. The van der Waals surface area contributed by atoms with Gasteiger partial charge in [0.1, 0.15) is 30.4 Å². The second-order valence-corrected chi connectivity index (χ2v) is 6.11. The topological polar surface area (TPSA) is 121 Å². The van der Waals surface area contributed by atoms with Gasteiger partial charge < -0.3 is 25.2 Å². The summed E-state index contributed by atoms with van der Waals surface area (Å²) in [6, 6.07) is 7.99. The number of carbonyl (C=O) groups is 2. The molecule has 1 aromatic carbocycles. The highest BCUT2D eigenvalue weighted by molar-refractivity contribution is 5.99. The molecule has 3 N–H and O–H groups in total. The molecule has 138 valence electrons. The molecule has 0 saturated carbocycles. The number of amides is 1. The zero-order valence-corrected chi connectivity index (χ0v) is 14.6. The van der Waals surface area contributed by atoms with E-state index in [-0.39, 0.29) is 17.6 Å². The third-order valence-electron chi connectivity index (χ3n) is 3.74. The van der Waals surface area contributed by atoms with Crippen LogP contribution in [0.4, 0.5) is 0 Å². The average molecular weight is 359 g/mol. The van der Waals surface area contributed by atoms with Crippen LogP contribution in [0.5, 0.6) is 11.5 Å². The lowest BCUT2D eigenvalue weighted by atomic mass is 10.0. The fourth-order valence-electron chi connectivity index (χ4n) is 2.34. The van der Waals surface area contributed by atoms with Crippen LogP contribution in [0.1, 0.15) is 13.8 Å². The van der Waals surface area contributed by atoms with E-state index in [1.807, 2.05) is 18.2 Å². The lowest BCUT2D eigenvalue weighted by Crippen LogP contribution is -2.45. The molecule has 2 rings (SSSR count). The van der Waals surface area contributed by atoms with Gasteiger partial charge in [-0.05, 0) is 18.1 Å². The molecule has 2 unspecified atom stereocenters. The number of ether oxygens (including phenoxy) is 2. The summed E-state index contributed by atoms with van der Waals surface area (Å²) in [5, 5.41) is 23.4. The molecule has 0 aromatic heterocycles. The van der Waals surface area contributed by atoms with Crippen LogP contribution in [-0.4, -0.2) is 42.3 Å². The Labute approximate surface area is 151 Å². The number of carboxylic acids is 1. The minimum absolute atomic E-state index is 0.214. The molecule has 1 aromatic rings. The molecule has 1 amide bonds. The van der Waals surface area contributed by atoms with Gasteiger partial charge >= 0.3 is 5.97 Å². The number of rotatable bonds is 7. The number of nitrogens with one attached hydrogen (secondary N) is 2. The Morgan fingerprint density at radius 1 is 1.38 bits per heavy atom. The fraction of sp³-hybridized carbons (Fsp3) is 0.389. The molecule has 26 heavy (non-hydrogen) atoms. The number of carboxylic acid groups (broad SMARTS) is 1. The highest BCUT2D eigenvalue weighted by atomic mass is 16.6. The maximum Gasteiger partial charge on any atom is 0.326 e. The number of nitriles is 1. The Hall–Kier alpha value is -3.21. The Balaban J connectivity index is 1.90. The standard InChI is InChI=1S/C18H21N3O5/c1-11(2)16(18(23)24)21-17(22)12(7-19)8-20-9-13-10-25-14-5-3-4-6-15(14)26-13/h3-6,8,11,13,16,20H,9-10H2,1-2H3,(H,21,22)(H,23,24)/b12-8-. The van der Waals surface area contributed by atoms with E-state index >= 15 is 0 Å². The second kappa shape index (κ2) is 8.76. The van der Waals surface area contributed by atoms with Crippen LogP contribution in [0.25, 0.3) is 0 Å². The van der Waals surface area contributed by atoms with Crippen LogP contribution in [0.15, 0.2) is 36.0 Å². The zero-order valence-electron chi connectivity index (χ0n) is 14.6. The number of aliphatic carboxylic acids is 1. The molecule has 0 fully saturated rings. The molecule has 1 aliphatic heterocycles. The van der Waals surface area contributed by atoms with Crippen molar-refractivity contribution >= 4 is 11.9 Å². The highest BCUT2D eigenvalue weighted by Gasteiger charge is 2.25. The molecule has 2 atom stereocenters. The predicted molar refractivity (Wildman–Crippen MR) is 92.5 cm³/mol. The van der Waals surface area contributed by atoms with E-state index in [9.17, 15) is 9.59 Å². The summed E-state index contributed by atoms with van der Waals surface area (Å²) in [5.41, 5.74) is -0.214. The number of hydrogen-bond acceptors (Lipinski definition) is 6. The first-order valence-corrected chi connectivity index (χ1v) is 8.18. The van der Waals surface area contributed by atoms with Crippen molar-refractivity contribution in [2.75, 3.05) is 13.2 Å². The van der Waals surface area contributed by atoms with E-state index in [0.29, 0.717) is 24.7 Å². The minimum Gasteiger partial charge on any atom is -0.486 e. The summed E-state index contributed by atoms with van der Waals surface area (Å²) in [7, 11) is 0. The Morgan fingerprint density at radius 2 is 2.08 bits per heavy atom. The molecular formula is C18H21N3O5. The van der Waals surface area contributed by atoms with Crippen molar-refractivity contribution in [3.8, 4) is 17.6 Å². The summed E-state index contributed by atoms with van der Waals surface area (Å²) in [6.07, 6.45) is 0.963. The van der Waals surface area contributed by atoms with E-state index in [2.05, 4.69) is 10.6 Å². The monoisotopic (exact) mass is 359 g/mol. The van der Waals surface area contributed by atoms with Crippen molar-refractivity contribution in [1.29, 1.82) is 5.26 Å². The minimum atomic E-state index is -1.15. The van der Waals surface area contributed by atoms with Crippen LogP contribution in [0, 0.1) is 17.2 Å². The number of benzene rings is 1. The molecule has 0 aliphatic carbocycles. The number of nitrogens with zero attached hydrogens (tertiary/aromatic N) is 1. The van der Waals surface area contributed by atoms with E-state index in [4.69, 9.17) is 19.8 Å². The first kappa shape index (κ1) is 19.1. The molecule has 8 nitrogen and oxygen atoms in total. The second-order valence-electron chi connectivity index (χ2n) is 6.11. The summed E-state index contributed by atoms with van der Waals surface area (Å²) in [6.45, 7) is 4.00. The molecule has 8 heteroatoms. The molecule has 0 radical (unpaired) electrons. The smallest absolute Gasteiger partial charge is 0.326 e.